The van der Waals surface area contributed by atoms with Gasteiger partial charge in [-0.25, -0.2) is 9.97 Å². The number of benzene rings is 1. The van der Waals surface area contributed by atoms with Crippen LogP contribution in [0.4, 0.5) is 5.82 Å². The lowest BCUT2D eigenvalue weighted by atomic mass is 10.2. The average Bonchev–Trinajstić information content (AvgIpc) is 2.46. The highest BCUT2D eigenvalue weighted by atomic mass is 32.2. The largest absolute Gasteiger partial charge is 0.494 e. The fourth-order valence-corrected chi connectivity index (χ4v) is 2.03. The minimum atomic E-state index is 0.680. The summed E-state index contributed by atoms with van der Waals surface area (Å²) in [6.45, 7) is 3.38. The van der Waals surface area contributed by atoms with Gasteiger partial charge in [-0.1, -0.05) is 12.1 Å². The molecule has 100 valence electrons. The van der Waals surface area contributed by atoms with Gasteiger partial charge < -0.3 is 10.1 Å². The van der Waals surface area contributed by atoms with Gasteiger partial charge in [-0.05, 0) is 30.9 Å². The second-order valence-corrected chi connectivity index (χ2v) is 4.71. The lowest BCUT2D eigenvalue weighted by molar-refractivity contribution is 0.340. The molecule has 0 aliphatic carbocycles. The molecule has 4 nitrogen and oxygen atoms in total. The van der Waals surface area contributed by atoms with Crippen LogP contribution in [0.25, 0.3) is 0 Å². The first-order chi connectivity index (χ1) is 9.31. The van der Waals surface area contributed by atoms with Crippen LogP contribution in [0.2, 0.25) is 0 Å². The van der Waals surface area contributed by atoms with E-state index in [1.165, 1.54) is 0 Å². The first-order valence-corrected chi connectivity index (χ1v) is 7.36. The molecule has 1 heterocycles. The van der Waals surface area contributed by atoms with Crippen molar-refractivity contribution in [3.8, 4) is 5.75 Å². The van der Waals surface area contributed by atoms with Gasteiger partial charge in [0.25, 0.3) is 0 Å². The third kappa shape index (κ3) is 4.13. The van der Waals surface area contributed by atoms with Crippen LogP contribution in [0.3, 0.4) is 0 Å². The number of hydrogen-bond acceptors (Lipinski definition) is 5. The molecule has 0 spiro atoms. The Morgan fingerprint density at radius 2 is 2.16 bits per heavy atom. The Hall–Kier alpha value is -1.75. The molecule has 0 aliphatic rings. The predicted octanol–water partition coefficient (Wildman–Crippen LogP) is 3.21. The molecule has 0 saturated heterocycles. The molecule has 19 heavy (non-hydrogen) atoms. The monoisotopic (exact) mass is 275 g/mol. The molecule has 0 aliphatic heterocycles. The first-order valence-electron chi connectivity index (χ1n) is 6.13. The first kappa shape index (κ1) is 13.7. The SMILES string of the molecule is CCOc1cccc(CNc2cc(SC)ncn2)c1. The molecular weight excluding hydrogens is 258 g/mol. The summed E-state index contributed by atoms with van der Waals surface area (Å²) in [4.78, 5) is 8.34. The fourth-order valence-electron chi connectivity index (χ4n) is 1.65. The number of hydrogen-bond donors (Lipinski definition) is 1. The summed E-state index contributed by atoms with van der Waals surface area (Å²) in [5.41, 5.74) is 1.16. The summed E-state index contributed by atoms with van der Waals surface area (Å²) in [7, 11) is 0. The molecule has 2 rings (SSSR count). The smallest absolute Gasteiger partial charge is 0.130 e. The number of rotatable bonds is 6. The summed E-state index contributed by atoms with van der Waals surface area (Å²) in [5, 5.41) is 4.24. The zero-order valence-electron chi connectivity index (χ0n) is 11.1. The topological polar surface area (TPSA) is 47.0 Å². The summed E-state index contributed by atoms with van der Waals surface area (Å²) in [6.07, 6.45) is 3.57. The van der Waals surface area contributed by atoms with Crippen molar-refractivity contribution in [2.45, 2.75) is 18.5 Å². The van der Waals surface area contributed by atoms with Gasteiger partial charge in [0.05, 0.1) is 6.61 Å². The van der Waals surface area contributed by atoms with E-state index in [4.69, 9.17) is 4.74 Å². The Labute approximate surface area is 117 Å². The number of aromatic nitrogens is 2. The Bertz CT molecular complexity index is 534. The Kier molecular flexibility index (Phi) is 5.03. The zero-order valence-corrected chi connectivity index (χ0v) is 11.9. The minimum Gasteiger partial charge on any atom is -0.494 e. The van der Waals surface area contributed by atoms with Crippen molar-refractivity contribution in [3.63, 3.8) is 0 Å². The molecule has 0 amide bonds. The third-order valence-electron chi connectivity index (χ3n) is 2.53. The second-order valence-electron chi connectivity index (χ2n) is 3.88. The fraction of sp³-hybridized carbons (Fsp3) is 0.286. The number of nitrogens with one attached hydrogen (secondary N) is 1. The molecule has 1 aromatic carbocycles. The van der Waals surface area contributed by atoms with Crippen LogP contribution in [0.15, 0.2) is 41.7 Å². The van der Waals surface area contributed by atoms with Crippen LogP contribution in [0.5, 0.6) is 5.75 Å². The van der Waals surface area contributed by atoms with Crippen molar-refractivity contribution < 1.29 is 4.74 Å². The van der Waals surface area contributed by atoms with Crippen LogP contribution < -0.4 is 10.1 Å². The van der Waals surface area contributed by atoms with E-state index in [1.54, 1.807) is 18.1 Å². The van der Waals surface area contributed by atoms with Crippen molar-refractivity contribution in [1.29, 1.82) is 0 Å². The second kappa shape index (κ2) is 6.99. The van der Waals surface area contributed by atoms with E-state index in [2.05, 4.69) is 21.4 Å². The molecule has 1 aromatic heterocycles. The Morgan fingerprint density at radius 1 is 1.26 bits per heavy atom. The predicted molar refractivity (Wildman–Crippen MR) is 78.8 cm³/mol. The van der Waals surface area contributed by atoms with Crippen molar-refractivity contribution in [1.82, 2.24) is 9.97 Å². The van der Waals surface area contributed by atoms with Gasteiger partial charge >= 0.3 is 0 Å². The van der Waals surface area contributed by atoms with Gasteiger partial charge in [0.2, 0.25) is 0 Å². The van der Waals surface area contributed by atoms with Gasteiger partial charge in [0.1, 0.15) is 22.9 Å². The van der Waals surface area contributed by atoms with Crippen LogP contribution in [-0.2, 0) is 6.54 Å². The van der Waals surface area contributed by atoms with Gasteiger partial charge in [0, 0.05) is 12.6 Å². The molecule has 0 bridgehead atoms. The maximum Gasteiger partial charge on any atom is 0.130 e. The molecule has 0 unspecified atom stereocenters. The van der Waals surface area contributed by atoms with Crippen molar-refractivity contribution >= 4 is 17.6 Å². The van der Waals surface area contributed by atoms with E-state index in [9.17, 15) is 0 Å². The highest BCUT2D eigenvalue weighted by Crippen LogP contribution is 2.16. The average molecular weight is 275 g/mol. The molecule has 0 saturated carbocycles. The molecule has 5 heteroatoms. The summed E-state index contributed by atoms with van der Waals surface area (Å²) in [6, 6.07) is 10.00. The van der Waals surface area contributed by atoms with Crippen LogP contribution >= 0.6 is 11.8 Å². The lowest BCUT2D eigenvalue weighted by Crippen LogP contribution is -2.02. The molecule has 2 aromatic rings. The summed E-state index contributed by atoms with van der Waals surface area (Å²) < 4.78 is 5.48. The minimum absolute atomic E-state index is 0.680. The van der Waals surface area contributed by atoms with Crippen molar-refractivity contribution in [2.24, 2.45) is 0 Å². The molecule has 0 radical (unpaired) electrons. The summed E-state index contributed by atoms with van der Waals surface area (Å²) in [5.74, 6) is 1.73. The summed E-state index contributed by atoms with van der Waals surface area (Å²) >= 11 is 1.60. The Balaban J connectivity index is 1.99. The van der Waals surface area contributed by atoms with E-state index in [-0.39, 0.29) is 0 Å². The maximum absolute atomic E-state index is 5.48. The quantitative estimate of drug-likeness (QED) is 0.648. The van der Waals surface area contributed by atoms with E-state index in [0.717, 1.165) is 22.2 Å². The van der Waals surface area contributed by atoms with Gasteiger partial charge in [0.15, 0.2) is 0 Å². The van der Waals surface area contributed by atoms with Crippen LogP contribution in [0.1, 0.15) is 12.5 Å². The van der Waals surface area contributed by atoms with Crippen LogP contribution in [-0.4, -0.2) is 22.8 Å². The zero-order chi connectivity index (χ0) is 13.5. The van der Waals surface area contributed by atoms with E-state index < -0.39 is 0 Å². The van der Waals surface area contributed by atoms with Crippen molar-refractivity contribution in [3.05, 3.63) is 42.2 Å². The number of ether oxygens (including phenoxy) is 1. The third-order valence-corrected chi connectivity index (χ3v) is 3.18. The Morgan fingerprint density at radius 3 is 2.95 bits per heavy atom. The number of thioether (sulfide) groups is 1. The number of anilines is 1. The molecule has 1 N–H and O–H groups in total. The highest BCUT2D eigenvalue weighted by molar-refractivity contribution is 7.98. The van der Waals surface area contributed by atoms with E-state index in [0.29, 0.717) is 13.2 Å². The van der Waals surface area contributed by atoms with Gasteiger partial charge in [-0.15, -0.1) is 11.8 Å². The normalized spacial score (nSPS) is 10.2. The maximum atomic E-state index is 5.48. The highest BCUT2D eigenvalue weighted by Gasteiger charge is 1.99. The van der Waals surface area contributed by atoms with E-state index in [1.807, 2.05) is 37.4 Å². The van der Waals surface area contributed by atoms with Crippen LogP contribution in [0, 0.1) is 0 Å². The molecular formula is C14H17N3OS. The molecule has 0 atom stereocenters. The van der Waals surface area contributed by atoms with E-state index >= 15 is 0 Å². The standard InChI is InChI=1S/C14H17N3OS/c1-3-18-12-6-4-5-11(7-12)9-15-13-8-14(19-2)17-10-16-13/h4-8,10H,3,9H2,1-2H3,(H,15,16,17). The van der Waals surface area contributed by atoms with Gasteiger partial charge in [-0.3, -0.25) is 0 Å². The molecule has 0 fully saturated rings. The van der Waals surface area contributed by atoms with Crippen molar-refractivity contribution in [2.75, 3.05) is 18.2 Å². The lowest BCUT2D eigenvalue weighted by Gasteiger charge is -2.08. The number of nitrogens with zero attached hydrogens (tertiary/aromatic N) is 2. The van der Waals surface area contributed by atoms with Gasteiger partial charge in [-0.2, -0.15) is 0 Å².